The third-order valence-corrected chi connectivity index (χ3v) is 3.96. The van der Waals surface area contributed by atoms with Gasteiger partial charge in [0.15, 0.2) is 5.25 Å². The zero-order chi connectivity index (χ0) is 16.8. The number of carbonyl (C=O) groups is 2. The highest BCUT2D eigenvalue weighted by molar-refractivity contribution is 7.90. The Kier molecular flexibility index (Phi) is 6.79. The van der Waals surface area contributed by atoms with Crippen LogP contribution in [0, 0.1) is 11.3 Å². The number of hydrogen-bond acceptors (Lipinski definition) is 6. The van der Waals surface area contributed by atoms with Crippen molar-refractivity contribution < 1.29 is 27.9 Å². The summed E-state index contributed by atoms with van der Waals surface area (Å²) < 4.78 is 30.2. The average Bonchev–Trinajstić information content (AvgIpc) is 2.30. The number of nitriles is 1. The first-order valence-electron chi connectivity index (χ1n) is 6.24. The van der Waals surface area contributed by atoms with Crippen LogP contribution in [0.15, 0.2) is 0 Å². The number of nitrogens with one attached hydrogen (secondary N) is 1. The maximum atomic E-state index is 11.6. The summed E-state index contributed by atoms with van der Waals surface area (Å²) in [4.78, 5) is 22.5. The van der Waals surface area contributed by atoms with Crippen molar-refractivity contribution in [3.05, 3.63) is 0 Å². The summed E-state index contributed by atoms with van der Waals surface area (Å²) in [5, 5.41) is 16.2. The van der Waals surface area contributed by atoms with Crippen LogP contribution in [0.2, 0.25) is 0 Å². The number of rotatable bonds is 7. The van der Waals surface area contributed by atoms with Gasteiger partial charge in [0.25, 0.3) is 0 Å². The summed E-state index contributed by atoms with van der Waals surface area (Å²) in [5.74, 6) is -2.05. The highest BCUT2D eigenvalue weighted by Crippen LogP contribution is 2.11. The summed E-state index contributed by atoms with van der Waals surface area (Å²) in [6.45, 7) is 6.12. The molecule has 0 aliphatic carbocycles. The predicted octanol–water partition coefficient (Wildman–Crippen LogP) is 0.393. The topological polar surface area (TPSA) is 134 Å². The summed E-state index contributed by atoms with van der Waals surface area (Å²) in [6.07, 6.45) is -0.515. The molecule has 0 aliphatic heterocycles. The van der Waals surface area contributed by atoms with Gasteiger partial charge >= 0.3 is 11.9 Å². The molecule has 0 aromatic heterocycles. The highest BCUT2D eigenvalue weighted by atomic mass is 32.2. The van der Waals surface area contributed by atoms with Crippen molar-refractivity contribution in [1.29, 1.82) is 5.26 Å². The Morgan fingerprint density at radius 2 is 1.90 bits per heavy atom. The van der Waals surface area contributed by atoms with Gasteiger partial charge in [-0.1, -0.05) is 0 Å². The molecule has 120 valence electrons. The Hall–Kier alpha value is -1.66. The van der Waals surface area contributed by atoms with Gasteiger partial charge in [-0.25, -0.2) is 8.42 Å². The first-order valence-corrected chi connectivity index (χ1v) is 7.79. The van der Waals surface area contributed by atoms with Crippen molar-refractivity contribution in [3.63, 3.8) is 0 Å². The monoisotopic (exact) mass is 320 g/mol. The lowest BCUT2D eigenvalue weighted by molar-refractivity contribution is -0.155. The molecule has 0 saturated heterocycles. The lowest BCUT2D eigenvalue weighted by atomic mass is 10.1. The number of carboxylic acid groups (broad SMARTS) is 1. The molecule has 0 amide bonds. The molecule has 8 nitrogen and oxygen atoms in total. The molecular weight excluding hydrogens is 300 g/mol. The van der Waals surface area contributed by atoms with E-state index in [2.05, 4.69) is 0 Å². The predicted molar refractivity (Wildman–Crippen MR) is 73.6 cm³/mol. The van der Waals surface area contributed by atoms with Gasteiger partial charge < -0.3 is 9.84 Å². The van der Waals surface area contributed by atoms with Crippen LogP contribution in [0.5, 0.6) is 0 Å². The van der Waals surface area contributed by atoms with Crippen molar-refractivity contribution in [3.8, 4) is 6.07 Å². The van der Waals surface area contributed by atoms with Gasteiger partial charge in [0.1, 0.15) is 11.6 Å². The number of carbonyl (C=O) groups excluding carboxylic acids is 1. The van der Waals surface area contributed by atoms with Crippen LogP contribution in [-0.4, -0.2) is 42.4 Å². The fourth-order valence-electron chi connectivity index (χ4n) is 1.26. The molecule has 2 N–H and O–H groups in total. The van der Waals surface area contributed by atoms with Gasteiger partial charge in [-0.05, 0) is 34.1 Å². The lowest BCUT2D eigenvalue weighted by Gasteiger charge is -2.20. The number of ether oxygens (including phenoxy) is 1. The molecule has 0 radical (unpaired) electrons. The SMILES string of the molecule is CC(C#N)S(=O)(=O)N[C@H](CCC(=O)OC(C)(C)C)C(=O)O. The van der Waals surface area contributed by atoms with Gasteiger partial charge in [-0.15, -0.1) is 0 Å². The van der Waals surface area contributed by atoms with E-state index in [-0.39, 0.29) is 12.8 Å². The van der Waals surface area contributed by atoms with E-state index < -0.39 is 38.9 Å². The maximum absolute atomic E-state index is 11.6. The summed E-state index contributed by atoms with van der Waals surface area (Å²) in [7, 11) is -4.08. The molecule has 0 fully saturated rings. The summed E-state index contributed by atoms with van der Waals surface area (Å²) in [6, 6.07) is 0.0227. The number of aliphatic carboxylic acids is 1. The third kappa shape index (κ3) is 7.63. The number of nitrogens with zero attached hydrogens (tertiary/aromatic N) is 1. The summed E-state index contributed by atoms with van der Waals surface area (Å²) in [5.41, 5.74) is -0.704. The first-order chi connectivity index (χ1) is 9.39. The highest BCUT2D eigenvalue weighted by Gasteiger charge is 2.29. The molecule has 0 aromatic carbocycles. The number of esters is 1. The van der Waals surface area contributed by atoms with Crippen molar-refractivity contribution in [1.82, 2.24) is 4.72 Å². The Labute approximate surface area is 124 Å². The van der Waals surface area contributed by atoms with Crippen molar-refractivity contribution in [2.75, 3.05) is 0 Å². The Morgan fingerprint density at radius 1 is 1.38 bits per heavy atom. The van der Waals surface area contributed by atoms with E-state index in [1.807, 2.05) is 4.72 Å². The molecule has 9 heteroatoms. The van der Waals surface area contributed by atoms with Gasteiger partial charge in [-0.3, -0.25) is 9.59 Å². The minimum atomic E-state index is -4.08. The van der Waals surface area contributed by atoms with Gasteiger partial charge in [0.05, 0.1) is 6.07 Å². The Morgan fingerprint density at radius 3 is 2.29 bits per heavy atom. The smallest absolute Gasteiger partial charge is 0.321 e. The Bertz CT molecular complexity index is 529. The quantitative estimate of drug-likeness (QED) is 0.648. The standard InChI is InChI=1S/C12H20N2O6S/c1-8(7-13)21(18,19)14-9(11(16)17)5-6-10(15)20-12(2,3)4/h8-9,14H,5-6H2,1-4H3,(H,16,17)/t8?,9-/m1/s1. The van der Waals surface area contributed by atoms with Crippen LogP contribution in [0.3, 0.4) is 0 Å². The second-order valence-electron chi connectivity index (χ2n) is 5.45. The third-order valence-electron chi connectivity index (χ3n) is 2.31. The van der Waals surface area contributed by atoms with Gasteiger partial charge in [-0.2, -0.15) is 9.98 Å². The Balaban J connectivity index is 4.72. The molecule has 0 bridgehead atoms. The zero-order valence-electron chi connectivity index (χ0n) is 12.4. The van der Waals surface area contributed by atoms with E-state index in [0.717, 1.165) is 6.92 Å². The molecule has 2 atom stereocenters. The van der Waals surface area contributed by atoms with Crippen LogP contribution in [-0.2, 0) is 24.3 Å². The van der Waals surface area contributed by atoms with E-state index >= 15 is 0 Å². The summed E-state index contributed by atoms with van der Waals surface area (Å²) >= 11 is 0. The number of carboxylic acids is 1. The normalized spacial score (nSPS) is 14.8. The molecule has 0 aromatic rings. The van der Waals surface area contributed by atoms with Crippen LogP contribution in [0.25, 0.3) is 0 Å². The van der Waals surface area contributed by atoms with Crippen LogP contribution < -0.4 is 4.72 Å². The fourth-order valence-corrected chi connectivity index (χ4v) is 2.22. The van der Waals surface area contributed by atoms with Crippen molar-refractivity contribution >= 4 is 22.0 Å². The van der Waals surface area contributed by atoms with Crippen molar-refractivity contribution in [2.45, 2.75) is 57.4 Å². The van der Waals surface area contributed by atoms with E-state index in [9.17, 15) is 18.0 Å². The average molecular weight is 320 g/mol. The van der Waals surface area contributed by atoms with Crippen LogP contribution in [0.1, 0.15) is 40.5 Å². The zero-order valence-corrected chi connectivity index (χ0v) is 13.2. The second-order valence-corrected chi connectivity index (χ2v) is 7.48. The molecule has 0 heterocycles. The van der Waals surface area contributed by atoms with E-state index in [1.165, 1.54) is 6.07 Å². The number of hydrogen-bond donors (Lipinski definition) is 2. The fraction of sp³-hybridized carbons (Fsp3) is 0.750. The molecule has 0 rings (SSSR count). The largest absolute Gasteiger partial charge is 0.480 e. The molecule has 21 heavy (non-hydrogen) atoms. The number of sulfonamides is 1. The molecule has 0 spiro atoms. The maximum Gasteiger partial charge on any atom is 0.321 e. The van der Waals surface area contributed by atoms with Crippen LogP contribution in [0.4, 0.5) is 0 Å². The minimum absolute atomic E-state index is 0.252. The first kappa shape index (κ1) is 19.3. The second kappa shape index (κ2) is 7.38. The van der Waals surface area contributed by atoms with Gasteiger partial charge in [0, 0.05) is 6.42 Å². The van der Waals surface area contributed by atoms with E-state index in [1.54, 1.807) is 20.8 Å². The van der Waals surface area contributed by atoms with E-state index in [0.29, 0.717) is 0 Å². The van der Waals surface area contributed by atoms with Crippen molar-refractivity contribution in [2.24, 2.45) is 0 Å². The molecule has 0 aliphatic rings. The lowest BCUT2D eigenvalue weighted by Crippen LogP contribution is -2.44. The molecule has 1 unspecified atom stereocenters. The van der Waals surface area contributed by atoms with Crippen LogP contribution >= 0.6 is 0 Å². The van der Waals surface area contributed by atoms with E-state index in [4.69, 9.17) is 15.1 Å². The minimum Gasteiger partial charge on any atom is -0.480 e. The molecule has 0 saturated carbocycles. The molecular formula is C12H20N2O6S. The van der Waals surface area contributed by atoms with Gasteiger partial charge in [0.2, 0.25) is 10.0 Å².